The number of nitrogens with one attached hydrogen (secondary N) is 1. The van der Waals surface area contributed by atoms with E-state index in [0.29, 0.717) is 11.5 Å². The highest BCUT2D eigenvalue weighted by atomic mass is 16.1. The topological polar surface area (TPSA) is 59.3 Å². The predicted octanol–water partition coefficient (Wildman–Crippen LogP) is 5.42. The van der Waals surface area contributed by atoms with Crippen LogP contribution in [0, 0.1) is 6.92 Å². The van der Waals surface area contributed by atoms with Gasteiger partial charge in [0.2, 0.25) is 0 Å². The molecule has 1 aromatic carbocycles. The van der Waals surface area contributed by atoms with Crippen LogP contribution in [0.1, 0.15) is 73.7 Å². The van der Waals surface area contributed by atoms with Crippen LogP contribution >= 0.6 is 0 Å². The Balaban J connectivity index is 1.92. The Morgan fingerprint density at radius 2 is 1.94 bits per heavy atom. The quantitative estimate of drug-likeness (QED) is 0.506. The number of hydrogen-bond acceptors (Lipinski definition) is 4. The average Bonchev–Trinajstić information content (AvgIpc) is 3.49. The van der Waals surface area contributed by atoms with E-state index in [4.69, 9.17) is 0 Å². The number of nitrogens with zero attached hydrogens (tertiary/aromatic N) is 3. The van der Waals surface area contributed by atoms with E-state index in [0.717, 1.165) is 41.3 Å². The molecule has 1 N–H and O–H groups in total. The zero-order valence-electron chi connectivity index (χ0n) is 19.2. The number of aromatic nitrogens is 2. The summed E-state index contributed by atoms with van der Waals surface area (Å²) in [6.07, 6.45) is 9.68. The van der Waals surface area contributed by atoms with Crippen molar-refractivity contribution in [3.63, 3.8) is 0 Å². The minimum atomic E-state index is 0.513. The molecule has 0 atom stereocenters. The third-order valence-corrected chi connectivity index (χ3v) is 6.85. The molecule has 0 unspecified atom stereocenters. The molecule has 1 aliphatic heterocycles. The first-order valence-electron chi connectivity index (χ1n) is 11.2. The van der Waals surface area contributed by atoms with Crippen molar-refractivity contribution in [1.29, 1.82) is 0 Å². The van der Waals surface area contributed by atoms with Gasteiger partial charge >= 0.3 is 0 Å². The van der Waals surface area contributed by atoms with Crippen molar-refractivity contribution in [2.75, 3.05) is 18.9 Å². The molecule has 0 amide bonds. The number of hydrogen-bond donors (Lipinski definition) is 1. The fourth-order valence-corrected chi connectivity index (χ4v) is 5.02. The fourth-order valence-electron chi connectivity index (χ4n) is 5.02. The molecule has 0 radical (unpaired) electrons. The first-order valence-corrected chi connectivity index (χ1v) is 11.2. The number of rotatable bonds is 6. The number of imidazole rings is 1. The molecule has 5 nitrogen and oxygen atoms in total. The second-order valence-electron chi connectivity index (χ2n) is 8.78. The lowest BCUT2D eigenvalue weighted by atomic mass is 9.86. The summed E-state index contributed by atoms with van der Waals surface area (Å²) >= 11 is 0. The summed E-state index contributed by atoms with van der Waals surface area (Å²) in [5.41, 5.74) is 9.92. The predicted molar refractivity (Wildman–Crippen MR) is 130 cm³/mol. The third-order valence-electron chi connectivity index (χ3n) is 6.85. The lowest BCUT2D eigenvalue weighted by molar-refractivity contribution is -0.103. The molecular formula is C26H32N4O. The van der Waals surface area contributed by atoms with Crippen LogP contribution in [0.25, 0.3) is 17.2 Å². The van der Waals surface area contributed by atoms with E-state index in [1.807, 2.05) is 31.7 Å². The lowest BCUT2D eigenvalue weighted by Crippen LogP contribution is -2.06. The van der Waals surface area contributed by atoms with Crippen molar-refractivity contribution in [1.82, 2.24) is 9.55 Å². The van der Waals surface area contributed by atoms with Crippen LogP contribution in [0.4, 0.5) is 5.69 Å². The van der Waals surface area contributed by atoms with Gasteiger partial charge in [0.25, 0.3) is 0 Å². The van der Waals surface area contributed by atoms with Gasteiger partial charge in [-0.3, -0.25) is 9.79 Å². The minimum absolute atomic E-state index is 0.513. The summed E-state index contributed by atoms with van der Waals surface area (Å²) < 4.78 is 1.97. The first kappa shape index (κ1) is 21.3. The number of carbonyl (C=O) groups is 1. The Kier molecular flexibility index (Phi) is 5.94. The average molecular weight is 417 g/mol. The summed E-state index contributed by atoms with van der Waals surface area (Å²) in [5.74, 6) is 1.40. The van der Waals surface area contributed by atoms with Crippen LogP contribution in [0.3, 0.4) is 0 Å². The van der Waals surface area contributed by atoms with E-state index in [1.165, 1.54) is 48.0 Å². The summed E-state index contributed by atoms with van der Waals surface area (Å²) in [4.78, 5) is 21.1. The number of aldehydes is 1. The van der Waals surface area contributed by atoms with Gasteiger partial charge in [0.05, 0.1) is 18.4 Å². The molecule has 1 fully saturated rings. The van der Waals surface area contributed by atoms with Crippen molar-refractivity contribution in [2.45, 2.75) is 52.4 Å². The van der Waals surface area contributed by atoms with Gasteiger partial charge in [0.1, 0.15) is 5.82 Å². The zero-order valence-corrected chi connectivity index (χ0v) is 19.2. The van der Waals surface area contributed by atoms with E-state index < -0.39 is 0 Å². The van der Waals surface area contributed by atoms with Crippen molar-refractivity contribution >= 4 is 34.9 Å². The van der Waals surface area contributed by atoms with E-state index >= 15 is 0 Å². The molecule has 1 aromatic heterocycles. The minimum Gasteiger partial charge on any atom is -0.388 e. The molecule has 0 spiro atoms. The summed E-state index contributed by atoms with van der Waals surface area (Å²) in [6, 6.07) is 4.56. The molecule has 1 aliphatic carbocycles. The molecule has 2 heterocycles. The summed E-state index contributed by atoms with van der Waals surface area (Å²) in [7, 11) is 3.91. The second-order valence-corrected chi connectivity index (χ2v) is 8.78. The van der Waals surface area contributed by atoms with Crippen LogP contribution < -0.4 is 5.32 Å². The Hall–Kier alpha value is -2.95. The van der Waals surface area contributed by atoms with Gasteiger partial charge in [-0.25, -0.2) is 4.98 Å². The zero-order chi connectivity index (χ0) is 22.1. The van der Waals surface area contributed by atoms with Gasteiger partial charge in [-0.1, -0.05) is 18.9 Å². The van der Waals surface area contributed by atoms with Gasteiger partial charge in [-0.2, -0.15) is 0 Å². The highest BCUT2D eigenvalue weighted by molar-refractivity contribution is 6.25. The number of benzene rings is 1. The smallest absolute Gasteiger partial charge is 0.152 e. The van der Waals surface area contributed by atoms with Crippen LogP contribution in [0.2, 0.25) is 0 Å². The van der Waals surface area contributed by atoms with Gasteiger partial charge in [0, 0.05) is 42.2 Å². The number of aliphatic imine (C=N–C) groups is 1. The van der Waals surface area contributed by atoms with Gasteiger partial charge in [-0.15, -0.1) is 0 Å². The molecule has 4 rings (SSSR count). The van der Waals surface area contributed by atoms with E-state index in [2.05, 4.69) is 41.3 Å². The SMILES string of the molecule is CNc1cc(C2=C(C)CN=C2C)cc(C2CCCC2)c1/C=C(\C=O)c1cnc(C)n1C. The largest absolute Gasteiger partial charge is 0.388 e. The molecule has 162 valence electrons. The number of allylic oxidation sites excluding steroid dienone is 2. The molecule has 31 heavy (non-hydrogen) atoms. The standard InChI is InChI=1S/C26H32N4O/c1-16-13-28-17(2)26(16)20-10-22(19-8-6-7-9-19)23(24(12-20)27-4)11-21(15-31)25-14-29-18(3)30(25)5/h10-12,14-15,19,27H,6-9,13H2,1-5H3/b21-11+. The number of aryl methyl sites for hydroxylation is 1. The third kappa shape index (κ3) is 3.89. The van der Waals surface area contributed by atoms with Crippen molar-refractivity contribution in [3.05, 3.63) is 52.1 Å². The molecule has 2 aliphatic rings. The molecule has 5 heteroatoms. The Labute approximate surface area is 185 Å². The van der Waals surface area contributed by atoms with Gasteiger partial charge < -0.3 is 9.88 Å². The number of anilines is 1. The van der Waals surface area contributed by atoms with Crippen molar-refractivity contribution in [3.8, 4) is 0 Å². The number of carbonyl (C=O) groups excluding carboxylic acids is 1. The molecule has 0 saturated heterocycles. The first-order chi connectivity index (χ1) is 14.9. The maximum Gasteiger partial charge on any atom is 0.152 e. The lowest BCUT2D eigenvalue weighted by Gasteiger charge is -2.21. The highest BCUT2D eigenvalue weighted by Crippen LogP contribution is 2.42. The highest BCUT2D eigenvalue weighted by Gasteiger charge is 2.24. The molecule has 2 aromatic rings. The monoisotopic (exact) mass is 416 g/mol. The van der Waals surface area contributed by atoms with E-state index in [9.17, 15) is 4.79 Å². The van der Waals surface area contributed by atoms with Crippen LogP contribution in [-0.4, -0.2) is 35.1 Å². The molecule has 1 saturated carbocycles. The van der Waals surface area contributed by atoms with Crippen LogP contribution in [-0.2, 0) is 11.8 Å². The van der Waals surface area contributed by atoms with Gasteiger partial charge in [0.15, 0.2) is 6.29 Å². The van der Waals surface area contributed by atoms with Gasteiger partial charge in [-0.05, 0) is 68.4 Å². The Morgan fingerprint density at radius 1 is 1.19 bits per heavy atom. The second kappa shape index (κ2) is 8.66. The summed E-state index contributed by atoms with van der Waals surface area (Å²) in [5, 5.41) is 3.41. The molecule has 0 bridgehead atoms. The van der Waals surface area contributed by atoms with Crippen molar-refractivity contribution < 1.29 is 4.79 Å². The van der Waals surface area contributed by atoms with E-state index in [1.54, 1.807) is 6.20 Å². The summed E-state index contributed by atoms with van der Waals surface area (Å²) in [6.45, 7) is 7.01. The van der Waals surface area contributed by atoms with Crippen molar-refractivity contribution in [2.24, 2.45) is 12.0 Å². The fraction of sp³-hybridized carbons (Fsp3) is 0.423. The maximum absolute atomic E-state index is 12.1. The Bertz CT molecular complexity index is 1110. The normalized spacial score (nSPS) is 17.5. The van der Waals surface area contributed by atoms with E-state index in [-0.39, 0.29) is 0 Å². The molecular weight excluding hydrogens is 384 g/mol. The Morgan fingerprint density at radius 3 is 2.48 bits per heavy atom. The van der Waals surface area contributed by atoms with Crippen LogP contribution in [0.15, 0.2) is 28.9 Å². The van der Waals surface area contributed by atoms with Crippen LogP contribution in [0.5, 0.6) is 0 Å². The maximum atomic E-state index is 12.1.